The van der Waals surface area contributed by atoms with Crippen LogP contribution in [0.1, 0.15) is 34.9 Å². The Balaban J connectivity index is 1.28. The standard InChI is InChI=1S/C25H26N4O3/c1-18-15-22(27-32-18)25(30)28-13-11-19(12-14-28)16-29-23-10-6-5-9-21(23)26-24(29)17-31-20-7-3-2-4-8-20/h2-10,15,19H,11-14,16-17H2,1H3. The highest BCUT2D eigenvalue weighted by atomic mass is 16.5. The molecule has 32 heavy (non-hydrogen) atoms. The van der Waals surface area contributed by atoms with E-state index in [1.165, 1.54) is 0 Å². The Bertz CT molecular complexity index is 1210. The summed E-state index contributed by atoms with van der Waals surface area (Å²) < 4.78 is 13.3. The van der Waals surface area contributed by atoms with Gasteiger partial charge in [-0.25, -0.2) is 4.98 Å². The number of nitrogens with zero attached hydrogens (tertiary/aromatic N) is 4. The van der Waals surface area contributed by atoms with Crippen LogP contribution in [0.25, 0.3) is 11.0 Å². The number of rotatable bonds is 6. The third-order valence-corrected chi connectivity index (χ3v) is 6.03. The molecule has 1 aliphatic rings. The predicted octanol–water partition coefficient (Wildman–Crippen LogP) is 4.46. The number of carbonyl (C=O) groups is 1. The largest absolute Gasteiger partial charge is 0.486 e. The van der Waals surface area contributed by atoms with E-state index >= 15 is 0 Å². The maximum atomic E-state index is 12.7. The second kappa shape index (κ2) is 8.86. The van der Waals surface area contributed by atoms with E-state index in [1.807, 2.05) is 53.4 Å². The average Bonchev–Trinajstić information content (AvgIpc) is 3.42. The number of hydrogen-bond donors (Lipinski definition) is 0. The topological polar surface area (TPSA) is 73.4 Å². The van der Waals surface area contributed by atoms with Crippen molar-refractivity contribution < 1.29 is 14.1 Å². The molecular weight excluding hydrogens is 404 g/mol. The summed E-state index contributed by atoms with van der Waals surface area (Å²) in [6, 6.07) is 19.7. The van der Waals surface area contributed by atoms with E-state index in [4.69, 9.17) is 14.2 Å². The lowest BCUT2D eigenvalue weighted by atomic mass is 9.96. The number of aromatic nitrogens is 3. The Kier molecular flexibility index (Phi) is 5.62. The van der Waals surface area contributed by atoms with Crippen molar-refractivity contribution in [2.45, 2.75) is 32.9 Å². The molecule has 7 nitrogen and oxygen atoms in total. The van der Waals surface area contributed by atoms with E-state index < -0.39 is 0 Å². The van der Waals surface area contributed by atoms with Crippen molar-refractivity contribution in [1.29, 1.82) is 0 Å². The molecule has 1 amide bonds. The molecule has 0 atom stereocenters. The van der Waals surface area contributed by atoms with Gasteiger partial charge in [-0.1, -0.05) is 35.5 Å². The number of carbonyl (C=O) groups excluding carboxylic acids is 1. The highest BCUT2D eigenvalue weighted by Gasteiger charge is 2.26. The first-order valence-corrected chi connectivity index (χ1v) is 11.0. The molecule has 0 radical (unpaired) electrons. The number of ether oxygens (including phenoxy) is 1. The van der Waals surface area contributed by atoms with Crippen LogP contribution in [0.2, 0.25) is 0 Å². The van der Waals surface area contributed by atoms with Gasteiger partial charge in [0.15, 0.2) is 5.69 Å². The number of imidazole rings is 1. The number of hydrogen-bond acceptors (Lipinski definition) is 5. The van der Waals surface area contributed by atoms with Gasteiger partial charge in [0.1, 0.15) is 23.9 Å². The summed E-state index contributed by atoms with van der Waals surface area (Å²) in [5.41, 5.74) is 2.49. The van der Waals surface area contributed by atoms with Gasteiger partial charge < -0.3 is 18.7 Å². The van der Waals surface area contributed by atoms with Gasteiger partial charge >= 0.3 is 0 Å². The summed E-state index contributed by atoms with van der Waals surface area (Å²) in [7, 11) is 0. The fraction of sp³-hybridized carbons (Fsp3) is 0.320. The third-order valence-electron chi connectivity index (χ3n) is 6.03. The van der Waals surface area contributed by atoms with Crippen molar-refractivity contribution in [2.75, 3.05) is 13.1 Å². The van der Waals surface area contributed by atoms with E-state index in [0.717, 1.165) is 55.1 Å². The maximum absolute atomic E-state index is 12.7. The van der Waals surface area contributed by atoms with E-state index in [1.54, 1.807) is 13.0 Å². The Morgan fingerprint density at radius 2 is 1.84 bits per heavy atom. The van der Waals surface area contributed by atoms with Crippen LogP contribution in [-0.4, -0.2) is 38.6 Å². The van der Waals surface area contributed by atoms with Crippen LogP contribution < -0.4 is 4.74 Å². The molecular formula is C25H26N4O3. The van der Waals surface area contributed by atoms with Crippen molar-refractivity contribution >= 4 is 16.9 Å². The molecule has 2 aromatic heterocycles. The minimum absolute atomic E-state index is 0.0506. The SMILES string of the molecule is Cc1cc(C(=O)N2CCC(Cn3c(COc4ccccc4)nc4ccccc43)CC2)no1. The quantitative estimate of drug-likeness (QED) is 0.451. The molecule has 0 saturated carbocycles. The van der Waals surface area contributed by atoms with Gasteiger partial charge in [0.25, 0.3) is 5.91 Å². The lowest BCUT2D eigenvalue weighted by Crippen LogP contribution is -2.39. The zero-order valence-electron chi connectivity index (χ0n) is 18.1. The highest BCUT2D eigenvalue weighted by molar-refractivity contribution is 5.92. The van der Waals surface area contributed by atoms with Crippen molar-refractivity contribution in [3.63, 3.8) is 0 Å². The van der Waals surface area contributed by atoms with Crippen LogP contribution in [0.15, 0.2) is 65.2 Å². The molecule has 0 bridgehead atoms. The smallest absolute Gasteiger partial charge is 0.276 e. The van der Waals surface area contributed by atoms with Crippen LogP contribution in [0.5, 0.6) is 5.75 Å². The summed E-state index contributed by atoms with van der Waals surface area (Å²) in [6.07, 6.45) is 1.88. The highest BCUT2D eigenvalue weighted by Crippen LogP contribution is 2.25. The Labute approximate surface area is 186 Å². The lowest BCUT2D eigenvalue weighted by molar-refractivity contribution is 0.0672. The molecule has 1 fully saturated rings. The normalized spacial score (nSPS) is 14.7. The molecule has 2 aromatic carbocycles. The fourth-order valence-electron chi connectivity index (χ4n) is 4.31. The zero-order chi connectivity index (χ0) is 21.9. The average molecular weight is 431 g/mol. The first-order chi connectivity index (χ1) is 15.7. The summed E-state index contributed by atoms with van der Waals surface area (Å²) in [6.45, 7) is 4.51. The molecule has 0 spiro atoms. The molecule has 1 aliphatic heterocycles. The second-order valence-electron chi connectivity index (χ2n) is 8.29. The molecule has 0 aliphatic carbocycles. The van der Waals surface area contributed by atoms with Crippen LogP contribution >= 0.6 is 0 Å². The Morgan fingerprint density at radius 1 is 1.09 bits per heavy atom. The number of aryl methyl sites for hydroxylation is 1. The minimum Gasteiger partial charge on any atom is -0.486 e. The number of likely N-dealkylation sites (tertiary alicyclic amines) is 1. The van der Waals surface area contributed by atoms with Crippen LogP contribution in [-0.2, 0) is 13.2 Å². The van der Waals surface area contributed by atoms with Crippen LogP contribution in [0.3, 0.4) is 0 Å². The first kappa shape index (κ1) is 20.3. The lowest BCUT2D eigenvalue weighted by Gasteiger charge is -2.32. The van der Waals surface area contributed by atoms with Crippen molar-refractivity contribution in [2.24, 2.45) is 5.92 Å². The molecule has 164 valence electrons. The molecule has 7 heteroatoms. The third kappa shape index (κ3) is 4.23. The van der Waals surface area contributed by atoms with Gasteiger partial charge in [0.2, 0.25) is 0 Å². The molecule has 5 rings (SSSR count). The van der Waals surface area contributed by atoms with Crippen molar-refractivity contribution in [1.82, 2.24) is 19.6 Å². The number of amides is 1. The number of piperidine rings is 1. The van der Waals surface area contributed by atoms with Gasteiger partial charge in [-0.15, -0.1) is 0 Å². The van der Waals surface area contributed by atoms with Gasteiger partial charge in [0.05, 0.1) is 11.0 Å². The van der Waals surface area contributed by atoms with Gasteiger partial charge in [-0.2, -0.15) is 0 Å². The Hall–Kier alpha value is -3.61. The molecule has 1 saturated heterocycles. The fourth-order valence-corrected chi connectivity index (χ4v) is 4.31. The minimum atomic E-state index is -0.0506. The predicted molar refractivity (Wildman–Crippen MR) is 120 cm³/mol. The molecule has 0 unspecified atom stereocenters. The first-order valence-electron chi connectivity index (χ1n) is 11.0. The summed E-state index contributed by atoms with van der Waals surface area (Å²) in [4.78, 5) is 19.4. The maximum Gasteiger partial charge on any atom is 0.276 e. The Morgan fingerprint density at radius 3 is 2.59 bits per heavy atom. The summed E-state index contributed by atoms with van der Waals surface area (Å²) in [5.74, 6) is 2.82. The van der Waals surface area contributed by atoms with E-state index in [2.05, 4.69) is 15.8 Å². The van der Waals surface area contributed by atoms with Gasteiger partial charge in [-0.05, 0) is 49.9 Å². The van der Waals surface area contributed by atoms with Gasteiger partial charge in [-0.3, -0.25) is 4.79 Å². The van der Waals surface area contributed by atoms with Crippen LogP contribution in [0.4, 0.5) is 0 Å². The van der Waals surface area contributed by atoms with Crippen molar-refractivity contribution in [3.05, 3.63) is 77.9 Å². The molecule has 0 N–H and O–H groups in total. The van der Waals surface area contributed by atoms with Crippen molar-refractivity contribution in [3.8, 4) is 5.75 Å². The number of benzene rings is 2. The van der Waals surface area contributed by atoms with E-state index in [0.29, 0.717) is 24.0 Å². The summed E-state index contributed by atoms with van der Waals surface area (Å²) >= 11 is 0. The monoisotopic (exact) mass is 430 g/mol. The zero-order valence-corrected chi connectivity index (χ0v) is 18.1. The van der Waals surface area contributed by atoms with Crippen LogP contribution in [0, 0.1) is 12.8 Å². The number of para-hydroxylation sites is 3. The van der Waals surface area contributed by atoms with E-state index in [-0.39, 0.29) is 5.91 Å². The molecule has 4 aromatic rings. The number of fused-ring (bicyclic) bond motifs is 1. The summed E-state index contributed by atoms with van der Waals surface area (Å²) in [5, 5.41) is 3.87. The molecule has 3 heterocycles. The van der Waals surface area contributed by atoms with E-state index in [9.17, 15) is 4.79 Å². The van der Waals surface area contributed by atoms with Gasteiger partial charge in [0, 0.05) is 25.7 Å². The second-order valence-corrected chi connectivity index (χ2v) is 8.29.